The number of fused-ring (bicyclic) bond motifs is 2. The van der Waals surface area contributed by atoms with E-state index in [1.807, 2.05) is 0 Å². The quantitative estimate of drug-likeness (QED) is 0.426. The lowest BCUT2D eigenvalue weighted by molar-refractivity contribution is 0.0681. The van der Waals surface area contributed by atoms with Crippen LogP contribution in [-0.2, 0) is 9.84 Å². The van der Waals surface area contributed by atoms with E-state index in [4.69, 9.17) is 10.2 Å². The van der Waals surface area contributed by atoms with Gasteiger partial charge in [-0.3, -0.25) is 0 Å². The fourth-order valence-corrected chi connectivity index (χ4v) is 4.25. The van der Waals surface area contributed by atoms with Gasteiger partial charge in [-0.05, 0) is 48.5 Å². The minimum Gasteiger partial charge on any atom is -0.477 e. The first-order valence-electron chi connectivity index (χ1n) is 7.73. The standard InChI is InChI=1S/C18H12N2O6S/c21-17(22)15-7-9-5-11(1-3-13(9)19-15)27(25,26)12-2-4-14-10(6-12)8-16(20-14)18(23)24/h1-8,19-20H,(H,21,22)(H,23,24). The highest BCUT2D eigenvalue weighted by Crippen LogP contribution is 2.28. The third-order valence-electron chi connectivity index (χ3n) is 4.27. The Bertz CT molecular complexity index is 1250. The van der Waals surface area contributed by atoms with Crippen LogP contribution in [0.4, 0.5) is 0 Å². The van der Waals surface area contributed by atoms with E-state index in [2.05, 4.69) is 9.97 Å². The highest BCUT2D eigenvalue weighted by atomic mass is 32.2. The van der Waals surface area contributed by atoms with Gasteiger partial charge in [-0.2, -0.15) is 0 Å². The predicted octanol–water partition coefficient (Wildman–Crippen LogP) is 2.88. The van der Waals surface area contributed by atoms with E-state index in [0.29, 0.717) is 21.8 Å². The zero-order valence-electron chi connectivity index (χ0n) is 13.6. The summed E-state index contributed by atoms with van der Waals surface area (Å²) in [5.41, 5.74) is 0.959. The van der Waals surface area contributed by atoms with Crippen LogP contribution in [0.1, 0.15) is 21.0 Å². The Morgan fingerprint density at radius 3 is 1.48 bits per heavy atom. The van der Waals surface area contributed by atoms with Gasteiger partial charge in [0.05, 0.1) is 9.79 Å². The molecule has 8 nitrogen and oxygen atoms in total. The number of hydrogen-bond donors (Lipinski definition) is 4. The number of aromatic amines is 2. The molecule has 2 aromatic carbocycles. The third-order valence-corrected chi connectivity index (χ3v) is 6.01. The molecule has 136 valence electrons. The molecule has 0 aliphatic carbocycles. The number of benzene rings is 2. The lowest BCUT2D eigenvalue weighted by Crippen LogP contribution is -2.01. The summed E-state index contributed by atoms with van der Waals surface area (Å²) < 4.78 is 25.9. The van der Waals surface area contributed by atoms with E-state index in [1.54, 1.807) is 0 Å². The number of carbonyl (C=O) groups is 2. The number of aromatic carboxylic acids is 2. The summed E-state index contributed by atoms with van der Waals surface area (Å²) >= 11 is 0. The molecule has 0 atom stereocenters. The maximum Gasteiger partial charge on any atom is 0.352 e. The molecule has 0 unspecified atom stereocenters. The lowest BCUT2D eigenvalue weighted by atomic mass is 10.2. The van der Waals surface area contributed by atoms with Gasteiger partial charge in [0.15, 0.2) is 0 Å². The van der Waals surface area contributed by atoms with E-state index in [0.717, 1.165) is 0 Å². The summed E-state index contributed by atoms with van der Waals surface area (Å²) in [5, 5.41) is 19.0. The van der Waals surface area contributed by atoms with E-state index in [-0.39, 0.29) is 21.2 Å². The topological polar surface area (TPSA) is 140 Å². The molecule has 0 saturated heterocycles. The van der Waals surface area contributed by atoms with Crippen molar-refractivity contribution in [2.24, 2.45) is 0 Å². The highest BCUT2D eigenvalue weighted by molar-refractivity contribution is 7.91. The van der Waals surface area contributed by atoms with Crippen molar-refractivity contribution in [3.63, 3.8) is 0 Å². The molecule has 0 saturated carbocycles. The normalized spacial score (nSPS) is 11.9. The Balaban J connectivity index is 1.82. The van der Waals surface area contributed by atoms with Gasteiger partial charge in [0.25, 0.3) is 0 Å². The van der Waals surface area contributed by atoms with Crippen molar-refractivity contribution in [1.29, 1.82) is 0 Å². The van der Waals surface area contributed by atoms with Crippen molar-refractivity contribution in [3.05, 3.63) is 59.9 Å². The largest absolute Gasteiger partial charge is 0.477 e. The summed E-state index contributed by atoms with van der Waals surface area (Å²) in [6.07, 6.45) is 0. The molecule has 0 amide bonds. The van der Waals surface area contributed by atoms with Gasteiger partial charge in [0.1, 0.15) is 11.4 Å². The average Bonchev–Trinajstić information content (AvgIpc) is 3.24. The first-order valence-corrected chi connectivity index (χ1v) is 9.21. The zero-order valence-corrected chi connectivity index (χ0v) is 14.4. The van der Waals surface area contributed by atoms with Gasteiger partial charge in [-0.1, -0.05) is 0 Å². The maximum atomic E-state index is 12.9. The summed E-state index contributed by atoms with van der Waals surface area (Å²) in [6, 6.07) is 11.3. The van der Waals surface area contributed by atoms with E-state index >= 15 is 0 Å². The second-order valence-electron chi connectivity index (χ2n) is 5.98. The van der Waals surface area contributed by atoms with Crippen LogP contribution in [0.2, 0.25) is 0 Å². The van der Waals surface area contributed by atoms with Crippen molar-refractivity contribution in [1.82, 2.24) is 9.97 Å². The maximum absolute atomic E-state index is 12.9. The van der Waals surface area contributed by atoms with E-state index < -0.39 is 21.8 Å². The smallest absolute Gasteiger partial charge is 0.352 e. The monoisotopic (exact) mass is 384 g/mol. The van der Waals surface area contributed by atoms with Crippen LogP contribution in [0, 0.1) is 0 Å². The fourth-order valence-electron chi connectivity index (χ4n) is 2.92. The van der Waals surface area contributed by atoms with Crippen molar-refractivity contribution in [2.45, 2.75) is 9.79 Å². The Morgan fingerprint density at radius 1 is 0.704 bits per heavy atom. The van der Waals surface area contributed by atoms with Crippen LogP contribution >= 0.6 is 0 Å². The average molecular weight is 384 g/mol. The van der Waals surface area contributed by atoms with Gasteiger partial charge in [-0.25, -0.2) is 18.0 Å². The van der Waals surface area contributed by atoms with E-state index in [1.165, 1.54) is 48.5 Å². The van der Waals surface area contributed by atoms with Crippen LogP contribution in [-0.4, -0.2) is 40.5 Å². The molecule has 0 bridgehead atoms. The third kappa shape index (κ3) is 2.74. The molecule has 27 heavy (non-hydrogen) atoms. The first kappa shape index (κ1) is 16.9. The van der Waals surface area contributed by atoms with Crippen LogP contribution in [0.5, 0.6) is 0 Å². The Kier molecular flexibility index (Phi) is 3.57. The number of sulfone groups is 1. The molecule has 0 spiro atoms. The van der Waals surface area contributed by atoms with Gasteiger partial charge in [0.2, 0.25) is 9.84 Å². The Hall–Kier alpha value is -3.59. The van der Waals surface area contributed by atoms with Crippen LogP contribution < -0.4 is 0 Å². The molecule has 9 heteroatoms. The molecular weight excluding hydrogens is 372 g/mol. The van der Waals surface area contributed by atoms with Crippen molar-refractivity contribution < 1.29 is 28.2 Å². The minimum atomic E-state index is -3.87. The minimum absolute atomic E-state index is 0.0132. The number of nitrogens with one attached hydrogen (secondary N) is 2. The molecule has 0 fully saturated rings. The summed E-state index contributed by atoms with van der Waals surface area (Å²) in [5.74, 6) is -2.27. The molecular formula is C18H12N2O6S. The number of aromatic nitrogens is 2. The summed E-state index contributed by atoms with van der Waals surface area (Å²) in [6.45, 7) is 0. The summed E-state index contributed by atoms with van der Waals surface area (Å²) in [4.78, 5) is 27.5. The van der Waals surface area contributed by atoms with Crippen molar-refractivity contribution in [3.8, 4) is 0 Å². The predicted molar refractivity (Wildman–Crippen MR) is 96.0 cm³/mol. The molecule has 0 aliphatic heterocycles. The van der Waals surface area contributed by atoms with Gasteiger partial charge < -0.3 is 20.2 Å². The molecule has 2 heterocycles. The first-order chi connectivity index (χ1) is 12.8. The Morgan fingerprint density at radius 2 is 1.11 bits per heavy atom. The molecule has 0 aliphatic rings. The zero-order chi connectivity index (χ0) is 19.3. The van der Waals surface area contributed by atoms with Crippen molar-refractivity contribution >= 4 is 43.6 Å². The molecule has 4 aromatic rings. The van der Waals surface area contributed by atoms with E-state index in [9.17, 15) is 18.0 Å². The molecule has 4 N–H and O–H groups in total. The van der Waals surface area contributed by atoms with Gasteiger partial charge >= 0.3 is 11.9 Å². The number of carboxylic acids is 2. The Labute approximate surface area is 152 Å². The van der Waals surface area contributed by atoms with Crippen molar-refractivity contribution in [2.75, 3.05) is 0 Å². The van der Waals surface area contributed by atoms with Crippen LogP contribution in [0.15, 0.2) is 58.3 Å². The summed E-state index contributed by atoms with van der Waals surface area (Å²) in [7, 11) is -3.87. The SMILES string of the molecule is O=C(O)c1cc2cc(S(=O)(=O)c3ccc4[nH]c(C(=O)O)cc4c3)ccc2[nH]1. The van der Waals surface area contributed by atoms with Crippen LogP contribution in [0.25, 0.3) is 21.8 Å². The van der Waals surface area contributed by atoms with Gasteiger partial charge in [-0.15, -0.1) is 0 Å². The molecule has 2 aromatic heterocycles. The molecule has 4 rings (SSSR count). The number of hydrogen-bond acceptors (Lipinski definition) is 4. The number of H-pyrrole nitrogens is 2. The van der Waals surface area contributed by atoms with Crippen LogP contribution in [0.3, 0.4) is 0 Å². The second kappa shape index (κ2) is 5.71. The van der Waals surface area contributed by atoms with Gasteiger partial charge in [0, 0.05) is 21.8 Å². The lowest BCUT2D eigenvalue weighted by Gasteiger charge is -2.05. The number of rotatable bonds is 4. The highest BCUT2D eigenvalue weighted by Gasteiger charge is 2.20. The fraction of sp³-hybridized carbons (Fsp3) is 0. The number of carboxylic acid groups (broad SMARTS) is 2. The second-order valence-corrected chi connectivity index (χ2v) is 7.93. The molecule has 0 radical (unpaired) electrons.